The molecule has 0 aromatic heterocycles. The van der Waals surface area contributed by atoms with Crippen molar-refractivity contribution in [1.29, 1.82) is 0 Å². The average Bonchev–Trinajstić information content (AvgIpc) is 2.29. The fourth-order valence-electron chi connectivity index (χ4n) is 0.907. The summed E-state index contributed by atoms with van der Waals surface area (Å²) in [5.41, 5.74) is 0. The van der Waals surface area contributed by atoms with E-state index < -0.39 is 18.6 Å². The number of carbonyl (C=O) groups excluding carboxylic acids is 1. The van der Waals surface area contributed by atoms with Crippen molar-refractivity contribution in [2.24, 2.45) is 0 Å². The zero-order valence-electron chi connectivity index (χ0n) is 8.82. The van der Waals surface area contributed by atoms with Gasteiger partial charge in [0.2, 0.25) is 0 Å². The summed E-state index contributed by atoms with van der Waals surface area (Å²) in [6.07, 6.45) is 3.19. The van der Waals surface area contributed by atoms with Crippen LogP contribution in [0.4, 0.5) is 4.79 Å². The number of ether oxygens (including phenoxy) is 2. The van der Waals surface area contributed by atoms with Crippen LogP contribution in [0.15, 0.2) is 0 Å². The van der Waals surface area contributed by atoms with Gasteiger partial charge in [-0.3, -0.25) is 4.79 Å². The van der Waals surface area contributed by atoms with Crippen LogP contribution in [0.2, 0.25) is 0 Å². The van der Waals surface area contributed by atoms with Gasteiger partial charge in [-0.2, -0.15) is 0 Å². The Balaban J connectivity index is 0.000000280. The summed E-state index contributed by atoms with van der Waals surface area (Å²) in [6, 6.07) is 0. The number of rotatable bonds is 2. The summed E-state index contributed by atoms with van der Waals surface area (Å²) in [4.78, 5) is 19.9. The minimum absolute atomic E-state index is 0.410. The van der Waals surface area contributed by atoms with E-state index >= 15 is 0 Å². The number of nitrogens with one attached hydrogen (secondary N) is 1. The third-order valence-electron chi connectivity index (χ3n) is 1.65. The highest BCUT2D eigenvalue weighted by Gasteiger charge is 1.99. The van der Waals surface area contributed by atoms with E-state index in [2.05, 4.69) is 4.74 Å². The second kappa shape index (κ2) is 9.26. The summed E-state index contributed by atoms with van der Waals surface area (Å²) >= 11 is 0. The van der Waals surface area contributed by atoms with E-state index in [0.717, 1.165) is 20.3 Å². The first-order valence-electron chi connectivity index (χ1n) is 4.78. The molecule has 1 aliphatic rings. The molecule has 0 unspecified atom stereocenters. The number of hydrogen-bond donors (Lipinski definition) is 2. The molecular formula is C9H17NO5. The molecule has 0 aliphatic carbocycles. The van der Waals surface area contributed by atoms with Gasteiger partial charge in [-0.1, -0.05) is 0 Å². The molecule has 1 amide bonds. The molecule has 0 atom stereocenters. The van der Waals surface area contributed by atoms with Gasteiger partial charge in [-0.05, 0) is 19.3 Å². The van der Waals surface area contributed by atoms with E-state index in [1.807, 2.05) is 5.32 Å². The topological polar surface area (TPSA) is 84.9 Å². The smallest absolute Gasteiger partial charge is 0.407 e. The standard InChI is InChI=1S/C5H10O.C4H7NO4/c1-2-4-6-5-3-1;1-9-4(8)5-2-3(6)7/h1-5H2;2H2,1H3,(H,5,8)(H,6,7). The SMILES string of the molecule is C1CCOCC1.COC(=O)NCC(=O)O. The normalized spacial score (nSPS) is 14.5. The van der Waals surface area contributed by atoms with Crippen LogP contribution in [-0.2, 0) is 14.3 Å². The first-order chi connectivity index (χ1) is 7.16. The third-order valence-corrected chi connectivity index (χ3v) is 1.65. The lowest BCUT2D eigenvalue weighted by molar-refractivity contribution is -0.135. The van der Waals surface area contributed by atoms with Gasteiger partial charge < -0.3 is 19.9 Å². The largest absolute Gasteiger partial charge is 0.480 e. The number of carboxylic acids is 1. The molecule has 1 heterocycles. The maximum Gasteiger partial charge on any atom is 0.407 e. The van der Waals surface area contributed by atoms with Crippen LogP contribution in [0.5, 0.6) is 0 Å². The Hall–Kier alpha value is -1.30. The maximum atomic E-state index is 10.1. The number of aliphatic carboxylic acids is 1. The van der Waals surface area contributed by atoms with Gasteiger partial charge in [-0.15, -0.1) is 0 Å². The molecule has 1 fully saturated rings. The fourth-order valence-corrected chi connectivity index (χ4v) is 0.907. The van der Waals surface area contributed by atoms with Crippen LogP contribution in [0.1, 0.15) is 19.3 Å². The molecule has 15 heavy (non-hydrogen) atoms. The Morgan fingerprint density at radius 1 is 1.33 bits per heavy atom. The Morgan fingerprint density at radius 3 is 2.20 bits per heavy atom. The van der Waals surface area contributed by atoms with Crippen molar-refractivity contribution in [1.82, 2.24) is 5.32 Å². The minimum Gasteiger partial charge on any atom is -0.480 e. The van der Waals surface area contributed by atoms with Crippen LogP contribution in [0.3, 0.4) is 0 Å². The summed E-state index contributed by atoms with van der Waals surface area (Å²) < 4.78 is 9.16. The van der Waals surface area contributed by atoms with Gasteiger partial charge in [0.1, 0.15) is 6.54 Å². The molecule has 6 heteroatoms. The van der Waals surface area contributed by atoms with Crippen LogP contribution in [0, 0.1) is 0 Å². The van der Waals surface area contributed by atoms with Crippen LogP contribution < -0.4 is 5.32 Å². The third kappa shape index (κ3) is 10.6. The van der Waals surface area contributed by atoms with Gasteiger partial charge in [0.05, 0.1) is 7.11 Å². The number of alkyl carbamates (subject to hydrolysis) is 1. The Bertz CT molecular complexity index is 179. The van der Waals surface area contributed by atoms with Gasteiger partial charge in [0.15, 0.2) is 0 Å². The Morgan fingerprint density at radius 2 is 1.93 bits per heavy atom. The van der Waals surface area contributed by atoms with Crippen LogP contribution >= 0.6 is 0 Å². The number of hydrogen-bond acceptors (Lipinski definition) is 4. The van der Waals surface area contributed by atoms with E-state index in [4.69, 9.17) is 9.84 Å². The van der Waals surface area contributed by atoms with E-state index in [-0.39, 0.29) is 0 Å². The van der Waals surface area contributed by atoms with E-state index in [1.54, 1.807) is 0 Å². The second-order valence-corrected chi connectivity index (χ2v) is 2.91. The van der Waals surface area contributed by atoms with Gasteiger partial charge in [-0.25, -0.2) is 4.79 Å². The average molecular weight is 219 g/mol. The minimum atomic E-state index is -1.10. The van der Waals surface area contributed by atoms with Crippen LogP contribution in [0.25, 0.3) is 0 Å². The number of amides is 1. The molecule has 0 aromatic rings. The summed E-state index contributed by atoms with van der Waals surface area (Å²) in [5.74, 6) is -1.10. The summed E-state index contributed by atoms with van der Waals surface area (Å²) in [6.45, 7) is 1.59. The monoisotopic (exact) mass is 219 g/mol. The highest BCUT2D eigenvalue weighted by Crippen LogP contribution is 2.02. The quantitative estimate of drug-likeness (QED) is 0.711. The zero-order chi connectivity index (χ0) is 11.5. The molecule has 0 bridgehead atoms. The second-order valence-electron chi connectivity index (χ2n) is 2.91. The molecule has 88 valence electrons. The van der Waals surface area contributed by atoms with Crippen molar-refractivity contribution in [3.8, 4) is 0 Å². The van der Waals surface area contributed by atoms with E-state index in [0.29, 0.717) is 0 Å². The van der Waals surface area contributed by atoms with E-state index in [1.165, 1.54) is 19.3 Å². The Labute approximate surface area is 88.6 Å². The van der Waals surface area contributed by atoms with Crippen molar-refractivity contribution >= 4 is 12.1 Å². The van der Waals surface area contributed by atoms with Crippen molar-refractivity contribution in [2.45, 2.75) is 19.3 Å². The summed E-state index contributed by atoms with van der Waals surface area (Å²) in [7, 11) is 1.16. The van der Waals surface area contributed by atoms with Crippen molar-refractivity contribution in [3.63, 3.8) is 0 Å². The lowest BCUT2D eigenvalue weighted by atomic mass is 10.2. The van der Waals surface area contributed by atoms with Gasteiger partial charge in [0, 0.05) is 13.2 Å². The molecule has 0 aromatic carbocycles. The number of carboxylic acid groups (broad SMARTS) is 1. The number of methoxy groups -OCH3 is 1. The van der Waals surface area contributed by atoms with Crippen LogP contribution in [-0.4, -0.2) is 44.0 Å². The molecule has 1 saturated heterocycles. The highest BCUT2D eigenvalue weighted by molar-refractivity contribution is 5.76. The van der Waals surface area contributed by atoms with Crippen molar-refractivity contribution < 1.29 is 24.2 Å². The molecule has 1 aliphatic heterocycles. The molecule has 1 rings (SSSR count). The summed E-state index contributed by atoms with van der Waals surface area (Å²) in [5, 5.41) is 9.96. The van der Waals surface area contributed by atoms with Gasteiger partial charge >= 0.3 is 12.1 Å². The fraction of sp³-hybridized carbons (Fsp3) is 0.778. The van der Waals surface area contributed by atoms with Gasteiger partial charge in [0.25, 0.3) is 0 Å². The molecule has 0 saturated carbocycles. The predicted octanol–water partition coefficient (Wildman–Crippen LogP) is 0.614. The maximum absolute atomic E-state index is 10.1. The Kier molecular flexibility index (Phi) is 8.46. The first kappa shape index (κ1) is 13.7. The molecule has 0 radical (unpaired) electrons. The van der Waals surface area contributed by atoms with E-state index in [9.17, 15) is 9.59 Å². The predicted molar refractivity (Wildman–Crippen MR) is 52.7 cm³/mol. The molecule has 0 spiro atoms. The lowest BCUT2D eigenvalue weighted by Crippen LogP contribution is -2.28. The zero-order valence-corrected chi connectivity index (χ0v) is 8.82. The molecular weight excluding hydrogens is 202 g/mol. The first-order valence-corrected chi connectivity index (χ1v) is 4.78. The lowest BCUT2D eigenvalue weighted by Gasteiger charge is -2.08. The van der Waals surface area contributed by atoms with Crippen molar-refractivity contribution in [3.05, 3.63) is 0 Å². The highest BCUT2D eigenvalue weighted by atomic mass is 16.5. The molecule has 6 nitrogen and oxygen atoms in total. The van der Waals surface area contributed by atoms with Crippen molar-refractivity contribution in [2.75, 3.05) is 26.9 Å². The molecule has 2 N–H and O–H groups in total. The number of carbonyl (C=O) groups is 2.